The summed E-state index contributed by atoms with van der Waals surface area (Å²) in [4.78, 5) is 23.9. The van der Waals surface area contributed by atoms with Gasteiger partial charge >= 0.3 is 11.9 Å². The van der Waals surface area contributed by atoms with Crippen LogP contribution in [-0.2, 0) is 19.1 Å². The molecule has 3 fully saturated rings. The van der Waals surface area contributed by atoms with Crippen LogP contribution in [-0.4, -0.2) is 24.1 Å². The standard InChI is InChI=1S/C20H30O4/c1-19(2)14-11-12-20(19,3)16(13-14)24-18(22)10-9-17(21)23-15-7-5-4-6-8-15/h9-10,14-16H,4-8,11-13H2,1-3H3/b10-9+. The minimum absolute atomic E-state index is 0.0113. The van der Waals surface area contributed by atoms with E-state index >= 15 is 0 Å². The van der Waals surface area contributed by atoms with Gasteiger partial charge in [0.1, 0.15) is 12.2 Å². The van der Waals surface area contributed by atoms with Crippen LogP contribution in [0.15, 0.2) is 12.2 Å². The maximum absolute atomic E-state index is 12.1. The minimum Gasteiger partial charge on any atom is -0.459 e. The highest BCUT2D eigenvalue weighted by Gasteiger charge is 2.62. The number of ether oxygens (including phenoxy) is 2. The highest BCUT2D eigenvalue weighted by Crippen LogP contribution is 2.66. The zero-order chi connectivity index (χ0) is 17.4. The van der Waals surface area contributed by atoms with Gasteiger partial charge in [0, 0.05) is 17.6 Å². The first-order valence-corrected chi connectivity index (χ1v) is 9.42. The Balaban J connectivity index is 1.50. The Bertz CT molecular complexity index is 530. The van der Waals surface area contributed by atoms with Crippen molar-refractivity contribution in [2.45, 2.75) is 84.3 Å². The van der Waals surface area contributed by atoms with Crippen LogP contribution < -0.4 is 0 Å². The van der Waals surface area contributed by atoms with Crippen LogP contribution in [0.1, 0.15) is 72.1 Å². The van der Waals surface area contributed by atoms with Crippen LogP contribution in [0.2, 0.25) is 0 Å². The summed E-state index contributed by atoms with van der Waals surface area (Å²) in [7, 11) is 0. The second-order valence-corrected chi connectivity index (χ2v) is 8.57. The van der Waals surface area contributed by atoms with Gasteiger partial charge in [-0.1, -0.05) is 27.2 Å². The lowest BCUT2D eigenvalue weighted by Crippen LogP contribution is -2.38. The molecule has 3 unspecified atom stereocenters. The third kappa shape index (κ3) is 3.12. The molecule has 0 saturated heterocycles. The Morgan fingerprint density at radius 1 is 0.917 bits per heavy atom. The van der Waals surface area contributed by atoms with Crippen molar-refractivity contribution < 1.29 is 19.1 Å². The van der Waals surface area contributed by atoms with E-state index in [1.165, 1.54) is 25.0 Å². The molecule has 3 rings (SSSR count). The molecular weight excluding hydrogens is 304 g/mol. The van der Waals surface area contributed by atoms with E-state index in [2.05, 4.69) is 20.8 Å². The molecule has 3 atom stereocenters. The molecule has 0 heterocycles. The highest BCUT2D eigenvalue weighted by molar-refractivity contribution is 5.91. The maximum atomic E-state index is 12.1. The monoisotopic (exact) mass is 334 g/mol. The second kappa shape index (κ2) is 6.53. The van der Waals surface area contributed by atoms with Crippen LogP contribution in [0.25, 0.3) is 0 Å². The van der Waals surface area contributed by atoms with Crippen molar-refractivity contribution in [2.75, 3.05) is 0 Å². The van der Waals surface area contributed by atoms with Gasteiger partial charge in [0.05, 0.1) is 0 Å². The van der Waals surface area contributed by atoms with Gasteiger partial charge in [0.2, 0.25) is 0 Å². The van der Waals surface area contributed by atoms with Crippen LogP contribution in [0.5, 0.6) is 0 Å². The summed E-state index contributed by atoms with van der Waals surface area (Å²) in [6.45, 7) is 6.81. The van der Waals surface area contributed by atoms with E-state index in [1.807, 2.05) is 0 Å². The fraction of sp³-hybridized carbons (Fsp3) is 0.800. The van der Waals surface area contributed by atoms with Gasteiger partial charge in [-0.15, -0.1) is 0 Å². The van der Waals surface area contributed by atoms with Crippen molar-refractivity contribution in [3.8, 4) is 0 Å². The Kier molecular flexibility index (Phi) is 4.76. The van der Waals surface area contributed by atoms with Crippen molar-refractivity contribution in [3.05, 3.63) is 12.2 Å². The Morgan fingerprint density at radius 2 is 1.54 bits per heavy atom. The number of hydrogen-bond acceptors (Lipinski definition) is 4. The first-order valence-electron chi connectivity index (χ1n) is 9.42. The number of esters is 2. The topological polar surface area (TPSA) is 52.6 Å². The molecule has 3 aliphatic carbocycles. The summed E-state index contributed by atoms with van der Waals surface area (Å²) in [5.74, 6) is -0.232. The van der Waals surface area contributed by atoms with Crippen LogP contribution >= 0.6 is 0 Å². The van der Waals surface area contributed by atoms with E-state index in [-0.39, 0.29) is 23.0 Å². The average Bonchev–Trinajstić information content (AvgIpc) is 2.87. The van der Waals surface area contributed by atoms with Crippen molar-refractivity contribution in [1.29, 1.82) is 0 Å². The first kappa shape index (κ1) is 17.5. The number of hydrogen-bond donors (Lipinski definition) is 0. The van der Waals surface area contributed by atoms with E-state index in [0.29, 0.717) is 5.92 Å². The molecule has 0 aliphatic heterocycles. The normalized spacial score (nSPS) is 35.3. The molecule has 0 aromatic heterocycles. The lowest BCUT2D eigenvalue weighted by Gasteiger charge is -2.38. The van der Waals surface area contributed by atoms with E-state index in [9.17, 15) is 9.59 Å². The fourth-order valence-corrected chi connectivity index (χ4v) is 5.01. The Morgan fingerprint density at radius 3 is 2.08 bits per heavy atom. The van der Waals surface area contributed by atoms with Crippen molar-refractivity contribution in [3.63, 3.8) is 0 Å². The zero-order valence-electron chi connectivity index (χ0n) is 15.2. The SMILES string of the molecule is CC1(C)C2CCC1(C)C(OC(=O)/C=C/C(=O)OC1CCCCC1)C2. The molecular formula is C20H30O4. The van der Waals surface area contributed by atoms with Gasteiger partial charge in [0.25, 0.3) is 0 Å². The van der Waals surface area contributed by atoms with Crippen LogP contribution in [0.3, 0.4) is 0 Å². The van der Waals surface area contributed by atoms with E-state index in [4.69, 9.17) is 9.47 Å². The van der Waals surface area contributed by atoms with Gasteiger partial charge in [-0.05, 0) is 56.3 Å². The largest absolute Gasteiger partial charge is 0.459 e. The molecule has 0 spiro atoms. The highest BCUT2D eigenvalue weighted by atomic mass is 16.5. The quantitative estimate of drug-likeness (QED) is 0.572. The lowest BCUT2D eigenvalue weighted by molar-refractivity contribution is -0.151. The summed E-state index contributed by atoms with van der Waals surface area (Å²) < 4.78 is 11.1. The third-order valence-corrected chi connectivity index (χ3v) is 7.16. The molecule has 24 heavy (non-hydrogen) atoms. The lowest BCUT2D eigenvalue weighted by atomic mass is 9.70. The molecule has 0 N–H and O–H groups in total. The zero-order valence-corrected chi connectivity index (χ0v) is 15.2. The van der Waals surface area contributed by atoms with Crippen molar-refractivity contribution >= 4 is 11.9 Å². The summed E-state index contributed by atoms with van der Waals surface area (Å²) in [5, 5.41) is 0. The number of carbonyl (C=O) groups is 2. The molecule has 134 valence electrons. The van der Waals surface area contributed by atoms with Gasteiger partial charge in [-0.25, -0.2) is 9.59 Å². The Hall–Kier alpha value is -1.32. The number of carbonyl (C=O) groups excluding carboxylic acids is 2. The van der Waals surface area contributed by atoms with E-state index < -0.39 is 11.9 Å². The predicted octanol–water partition coefficient (Wildman–Crippen LogP) is 4.18. The third-order valence-electron chi connectivity index (χ3n) is 7.16. The summed E-state index contributed by atoms with van der Waals surface area (Å²) in [6, 6.07) is 0. The molecule has 0 radical (unpaired) electrons. The van der Waals surface area contributed by atoms with Crippen LogP contribution in [0, 0.1) is 16.7 Å². The molecule has 0 amide bonds. The second-order valence-electron chi connectivity index (χ2n) is 8.57. The first-order chi connectivity index (χ1) is 11.3. The molecule has 0 aromatic rings. The fourth-order valence-electron chi connectivity index (χ4n) is 5.01. The Labute approximate surface area is 145 Å². The van der Waals surface area contributed by atoms with E-state index in [1.54, 1.807) is 0 Å². The van der Waals surface area contributed by atoms with Crippen LogP contribution in [0.4, 0.5) is 0 Å². The smallest absolute Gasteiger partial charge is 0.331 e. The van der Waals surface area contributed by atoms with Gasteiger partial charge < -0.3 is 9.47 Å². The number of fused-ring (bicyclic) bond motifs is 2. The van der Waals surface area contributed by atoms with Gasteiger partial charge in [-0.3, -0.25) is 0 Å². The number of rotatable bonds is 4. The molecule has 3 aliphatic rings. The molecule has 2 bridgehead atoms. The summed E-state index contributed by atoms with van der Waals surface area (Å²) in [6.07, 6.45) is 11.0. The minimum atomic E-state index is -0.432. The van der Waals surface area contributed by atoms with Crippen molar-refractivity contribution in [2.24, 2.45) is 16.7 Å². The van der Waals surface area contributed by atoms with Gasteiger partial charge in [-0.2, -0.15) is 0 Å². The predicted molar refractivity (Wildman–Crippen MR) is 91.2 cm³/mol. The molecule has 4 nitrogen and oxygen atoms in total. The summed E-state index contributed by atoms with van der Waals surface area (Å²) in [5.41, 5.74) is 0.255. The van der Waals surface area contributed by atoms with E-state index in [0.717, 1.165) is 38.5 Å². The van der Waals surface area contributed by atoms with Crippen molar-refractivity contribution in [1.82, 2.24) is 0 Å². The molecule has 0 aromatic carbocycles. The average molecular weight is 334 g/mol. The van der Waals surface area contributed by atoms with Gasteiger partial charge in [0.15, 0.2) is 0 Å². The molecule has 3 saturated carbocycles. The maximum Gasteiger partial charge on any atom is 0.331 e. The summed E-state index contributed by atoms with van der Waals surface area (Å²) >= 11 is 0. The molecule has 4 heteroatoms.